The lowest BCUT2D eigenvalue weighted by Gasteiger charge is -2.18. The van der Waals surface area contributed by atoms with Crippen molar-refractivity contribution in [2.75, 3.05) is 19.8 Å². The Balaban J connectivity index is 4.32. The number of ether oxygens (including phenoxy) is 3. The van der Waals surface area contributed by atoms with Crippen molar-refractivity contribution in [2.45, 2.75) is 258 Å². The van der Waals surface area contributed by atoms with Crippen molar-refractivity contribution in [1.29, 1.82) is 0 Å². The normalized spacial score (nSPS) is 12.9. The second-order valence-corrected chi connectivity index (χ2v) is 17.7. The first-order valence-electron chi connectivity index (χ1n) is 27.1. The highest BCUT2D eigenvalue weighted by Crippen LogP contribution is 2.13. The summed E-state index contributed by atoms with van der Waals surface area (Å²) in [4.78, 5) is 25.4. The van der Waals surface area contributed by atoms with Gasteiger partial charge < -0.3 is 14.2 Å². The first-order valence-corrected chi connectivity index (χ1v) is 27.1. The maximum Gasteiger partial charge on any atom is 0.306 e. The molecule has 0 aromatic rings. The van der Waals surface area contributed by atoms with Crippen molar-refractivity contribution >= 4 is 11.9 Å². The smallest absolute Gasteiger partial charge is 0.306 e. The summed E-state index contributed by atoms with van der Waals surface area (Å²) in [5.74, 6) is -0.447. The van der Waals surface area contributed by atoms with Crippen molar-refractivity contribution in [2.24, 2.45) is 0 Å². The van der Waals surface area contributed by atoms with Gasteiger partial charge in [-0.2, -0.15) is 0 Å². The summed E-state index contributed by atoms with van der Waals surface area (Å²) < 4.78 is 17.4. The molecule has 1 unspecified atom stereocenters. The average Bonchev–Trinajstić information content (AvgIpc) is 3.30. The van der Waals surface area contributed by atoms with Gasteiger partial charge in [-0.15, -0.1) is 0 Å². The van der Waals surface area contributed by atoms with Crippen LogP contribution in [-0.4, -0.2) is 37.9 Å². The number of rotatable bonds is 49. The molecule has 0 N–H and O–H groups in total. The number of hydrogen-bond donors (Lipinski definition) is 0. The van der Waals surface area contributed by atoms with Crippen LogP contribution in [0.4, 0.5) is 0 Å². The Hall–Kier alpha value is -2.92. The average molecular weight is 891 g/mol. The summed E-state index contributed by atoms with van der Waals surface area (Å²) >= 11 is 0. The van der Waals surface area contributed by atoms with E-state index in [0.29, 0.717) is 19.4 Å². The molecule has 5 heteroatoms. The van der Waals surface area contributed by atoms with Crippen LogP contribution in [0.5, 0.6) is 0 Å². The van der Waals surface area contributed by atoms with E-state index >= 15 is 0 Å². The lowest BCUT2D eigenvalue weighted by atomic mass is 10.1. The Labute approximate surface area is 397 Å². The minimum atomic E-state index is -0.564. The molecule has 1 atom stereocenters. The zero-order chi connectivity index (χ0) is 46.3. The summed E-state index contributed by atoms with van der Waals surface area (Å²) in [6.45, 7) is 7.63. The highest BCUT2D eigenvalue weighted by molar-refractivity contribution is 5.70. The van der Waals surface area contributed by atoms with E-state index in [1.807, 2.05) is 0 Å². The number of carbonyl (C=O) groups excluding carboxylic acids is 2. The van der Waals surface area contributed by atoms with E-state index in [9.17, 15) is 9.59 Å². The maximum atomic E-state index is 12.8. The molecule has 0 aromatic carbocycles. The molecule has 0 aliphatic carbocycles. The predicted molar refractivity (Wildman–Crippen MR) is 279 cm³/mol. The van der Waals surface area contributed by atoms with Crippen molar-refractivity contribution in [3.63, 3.8) is 0 Å². The third-order valence-electron chi connectivity index (χ3n) is 11.4. The van der Waals surface area contributed by atoms with E-state index in [4.69, 9.17) is 14.2 Å². The van der Waals surface area contributed by atoms with Crippen molar-refractivity contribution in [3.8, 4) is 0 Å². The molecule has 0 bridgehead atoms. The van der Waals surface area contributed by atoms with Crippen LogP contribution in [0.3, 0.4) is 0 Å². The molecule has 0 aromatic heterocycles. The van der Waals surface area contributed by atoms with Crippen LogP contribution in [0.15, 0.2) is 85.1 Å². The SMILES string of the molecule is CC/C=C\C/C=C\C/C=C\CCCCCC(=O)OC(COCCCCCCCC/C=C\CCCCCCCC)COC(=O)CCCCCCCC/C=C\C/C=C\C/C=C\CCCCC. The third-order valence-corrected chi connectivity index (χ3v) is 11.4. The zero-order valence-corrected chi connectivity index (χ0v) is 42.3. The Morgan fingerprint density at radius 3 is 1.19 bits per heavy atom. The maximum absolute atomic E-state index is 12.8. The molecule has 0 radical (unpaired) electrons. The van der Waals surface area contributed by atoms with E-state index in [2.05, 4.69) is 106 Å². The van der Waals surface area contributed by atoms with Crippen molar-refractivity contribution in [1.82, 2.24) is 0 Å². The fourth-order valence-electron chi connectivity index (χ4n) is 7.35. The Morgan fingerprint density at radius 2 is 0.703 bits per heavy atom. The molecule has 0 aliphatic rings. The molecule has 0 heterocycles. The molecule has 5 nitrogen and oxygen atoms in total. The number of carbonyl (C=O) groups is 2. The molecule has 0 aliphatic heterocycles. The second kappa shape index (κ2) is 54.4. The summed E-state index contributed by atoms with van der Waals surface area (Å²) in [6, 6.07) is 0. The van der Waals surface area contributed by atoms with Crippen LogP contribution in [-0.2, 0) is 23.8 Å². The van der Waals surface area contributed by atoms with Gasteiger partial charge in [-0.3, -0.25) is 9.59 Å². The van der Waals surface area contributed by atoms with E-state index in [1.54, 1.807) is 0 Å². The number of unbranched alkanes of at least 4 members (excludes halogenated alkanes) is 24. The quantitative estimate of drug-likeness (QED) is 0.0346. The van der Waals surface area contributed by atoms with Gasteiger partial charge in [0.25, 0.3) is 0 Å². The topological polar surface area (TPSA) is 61.8 Å². The van der Waals surface area contributed by atoms with Crippen LogP contribution in [0.1, 0.15) is 252 Å². The van der Waals surface area contributed by atoms with Gasteiger partial charge in [-0.05, 0) is 116 Å². The summed E-state index contributed by atoms with van der Waals surface area (Å²) in [5, 5.41) is 0. The Morgan fingerprint density at radius 1 is 0.359 bits per heavy atom. The van der Waals surface area contributed by atoms with Crippen LogP contribution in [0.2, 0.25) is 0 Å². The van der Waals surface area contributed by atoms with Gasteiger partial charge in [-0.1, -0.05) is 209 Å². The minimum absolute atomic E-state index is 0.0611. The molecule has 0 saturated carbocycles. The monoisotopic (exact) mass is 891 g/mol. The Kier molecular flexibility index (Phi) is 51.9. The Bertz CT molecular complexity index is 1190. The summed E-state index contributed by atoms with van der Waals surface area (Å²) in [7, 11) is 0. The molecular formula is C59H102O5. The largest absolute Gasteiger partial charge is 0.462 e. The molecule has 0 amide bonds. The number of hydrogen-bond acceptors (Lipinski definition) is 5. The van der Waals surface area contributed by atoms with Crippen LogP contribution < -0.4 is 0 Å². The highest BCUT2D eigenvalue weighted by Gasteiger charge is 2.17. The van der Waals surface area contributed by atoms with Crippen LogP contribution >= 0.6 is 0 Å². The van der Waals surface area contributed by atoms with Gasteiger partial charge in [0.05, 0.1) is 6.61 Å². The molecule has 0 rings (SSSR count). The predicted octanol–water partition coefficient (Wildman–Crippen LogP) is 18.5. The molecular weight excluding hydrogens is 789 g/mol. The molecule has 0 fully saturated rings. The second-order valence-electron chi connectivity index (χ2n) is 17.7. The number of allylic oxidation sites excluding steroid dienone is 14. The molecule has 64 heavy (non-hydrogen) atoms. The van der Waals surface area contributed by atoms with Gasteiger partial charge in [0.15, 0.2) is 6.10 Å². The highest BCUT2D eigenvalue weighted by atomic mass is 16.6. The standard InChI is InChI=1S/C59H102O5/c1-4-7-10-13-16-19-22-25-27-29-30-31-32-35-37-40-43-46-49-52-58(60)63-56-57(64-59(61)53-50-47-44-41-38-34-24-21-18-15-12-9-6-3)55-62-54-51-48-45-42-39-36-33-28-26-23-20-17-14-11-8-5-2/h9,12,16,18-19,21,25-28,30-31,34,38,57H,4-8,10-11,13-15,17,20,22-24,29,32-33,35-37,39-56H2,1-3H3/b12-9-,19-16-,21-18-,27-25-,28-26-,31-30-,38-34-. The van der Waals surface area contributed by atoms with E-state index in [-0.39, 0.29) is 25.2 Å². The van der Waals surface area contributed by atoms with Gasteiger partial charge in [0.1, 0.15) is 6.61 Å². The van der Waals surface area contributed by atoms with Crippen LogP contribution in [0.25, 0.3) is 0 Å². The van der Waals surface area contributed by atoms with Gasteiger partial charge in [0, 0.05) is 19.4 Å². The molecule has 0 spiro atoms. The van der Waals surface area contributed by atoms with E-state index in [0.717, 1.165) is 96.3 Å². The summed E-state index contributed by atoms with van der Waals surface area (Å²) in [6.07, 6.45) is 71.7. The number of esters is 2. The van der Waals surface area contributed by atoms with Crippen LogP contribution in [0, 0.1) is 0 Å². The first-order chi connectivity index (χ1) is 31.6. The van der Waals surface area contributed by atoms with E-state index in [1.165, 1.54) is 122 Å². The fourth-order valence-corrected chi connectivity index (χ4v) is 7.35. The zero-order valence-electron chi connectivity index (χ0n) is 42.3. The van der Waals surface area contributed by atoms with E-state index < -0.39 is 6.10 Å². The van der Waals surface area contributed by atoms with Gasteiger partial charge >= 0.3 is 11.9 Å². The summed E-state index contributed by atoms with van der Waals surface area (Å²) in [5.41, 5.74) is 0. The van der Waals surface area contributed by atoms with Gasteiger partial charge in [0.2, 0.25) is 0 Å². The van der Waals surface area contributed by atoms with Gasteiger partial charge in [-0.25, -0.2) is 0 Å². The van der Waals surface area contributed by atoms with Crippen molar-refractivity contribution in [3.05, 3.63) is 85.1 Å². The lowest BCUT2D eigenvalue weighted by Crippen LogP contribution is -2.30. The fraction of sp³-hybridized carbons (Fsp3) is 0.729. The third kappa shape index (κ3) is 51.7. The molecule has 368 valence electrons. The van der Waals surface area contributed by atoms with Crippen molar-refractivity contribution < 1.29 is 23.8 Å². The minimum Gasteiger partial charge on any atom is -0.462 e. The first kappa shape index (κ1) is 61.1. The molecule has 0 saturated heterocycles. The lowest BCUT2D eigenvalue weighted by molar-refractivity contribution is -0.163.